The second-order valence-electron chi connectivity index (χ2n) is 5.93. The van der Waals surface area contributed by atoms with E-state index in [-0.39, 0.29) is 0 Å². The van der Waals surface area contributed by atoms with Crippen molar-refractivity contribution < 1.29 is 0 Å². The molecule has 0 amide bonds. The van der Waals surface area contributed by atoms with E-state index in [1.807, 2.05) is 6.20 Å². The number of nitrogens with one attached hydrogen (secondary N) is 1. The molecule has 5 nitrogen and oxygen atoms in total. The fraction of sp³-hybridized carbons (Fsp3) is 0.353. The number of benzene rings is 1. The quantitative estimate of drug-likeness (QED) is 0.787. The molecule has 0 aliphatic carbocycles. The summed E-state index contributed by atoms with van der Waals surface area (Å²) >= 11 is 0. The molecule has 1 aliphatic heterocycles. The first-order valence-corrected chi connectivity index (χ1v) is 7.80. The van der Waals surface area contributed by atoms with Crippen LogP contribution in [0.25, 0.3) is 10.9 Å². The van der Waals surface area contributed by atoms with E-state index >= 15 is 0 Å². The minimum Gasteiger partial charge on any atom is -0.347 e. The molecule has 1 aromatic carbocycles. The van der Waals surface area contributed by atoms with Gasteiger partial charge in [-0.3, -0.25) is 5.10 Å². The van der Waals surface area contributed by atoms with Gasteiger partial charge in [-0.1, -0.05) is 11.6 Å². The predicted octanol–water partition coefficient (Wildman–Crippen LogP) is 3.39. The number of aromatic amines is 1. The van der Waals surface area contributed by atoms with Crippen LogP contribution in [-0.2, 0) is 0 Å². The van der Waals surface area contributed by atoms with E-state index in [9.17, 15) is 0 Å². The van der Waals surface area contributed by atoms with Gasteiger partial charge in [-0.05, 0) is 44.4 Å². The second kappa shape index (κ2) is 5.40. The molecule has 112 valence electrons. The summed E-state index contributed by atoms with van der Waals surface area (Å²) in [6.45, 7) is 3.13. The van der Waals surface area contributed by atoms with Gasteiger partial charge in [-0.2, -0.15) is 5.10 Å². The molecule has 0 radical (unpaired) electrons. The molecule has 0 spiro atoms. The highest BCUT2D eigenvalue weighted by atomic mass is 15.2. The first kappa shape index (κ1) is 13.2. The van der Waals surface area contributed by atoms with Crippen molar-refractivity contribution in [3.8, 4) is 0 Å². The number of rotatable bonds is 2. The summed E-state index contributed by atoms with van der Waals surface area (Å²) in [4.78, 5) is 11.4. The smallest absolute Gasteiger partial charge is 0.140 e. The summed E-state index contributed by atoms with van der Waals surface area (Å²) in [7, 11) is 0. The molecular formula is C17H19N5. The van der Waals surface area contributed by atoms with Gasteiger partial charge in [0, 0.05) is 18.1 Å². The highest BCUT2D eigenvalue weighted by Gasteiger charge is 2.27. The molecule has 0 bridgehead atoms. The zero-order valence-corrected chi connectivity index (χ0v) is 12.7. The van der Waals surface area contributed by atoms with Crippen molar-refractivity contribution in [1.82, 2.24) is 20.2 Å². The van der Waals surface area contributed by atoms with E-state index in [0.29, 0.717) is 6.04 Å². The van der Waals surface area contributed by atoms with Crippen molar-refractivity contribution in [2.24, 2.45) is 0 Å². The summed E-state index contributed by atoms with van der Waals surface area (Å²) < 4.78 is 0. The average Bonchev–Trinajstić information content (AvgIpc) is 3.08. The zero-order chi connectivity index (χ0) is 14.9. The van der Waals surface area contributed by atoms with Gasteiger partial charge in [0.05, 0.1) is 17.3 Å². The highest BCUT2D eigenvalue weighted by molar-refractivity contribution is 5.90. The summed E-state index contributed by atoms with van der Waals surface area (Å²) in [6, 6.07) is 8.74. The molecule has 1 unspecified atom stereocenters. The number of hydrogen-bond donors (Lipinski definition) is 1. The van der Waals surface area contributed by atoms with E-state index in [1.54, 1.807) is 6.33 Å². The summed E-state index contributed by atoms with van der Waals surface area (Å²) in [5.41, 5.74) is 3.40. The fourth-order valence-electron chi connectivity index (χ4n) is 3.35. The summed E-state index contributed by atoms with van der Waals surface area (Å²) in [5, 5.41) is 8.38. The third-order valence-electron chi connectivity index (χ3n) is 4.43. The molecule has 22 heavy (non-hydrogen) atoms. The number of anilines is 1. The topological polar surface area (TPSA) is 57.7 Å². The molecule has 1 atom stereocenters. The van der Waals surface area contributed by atoms with Crippen LogP contribution in [0.1, 0.15) is 36.6 Å². The molecule has 1 fully saturated rings. The average molecular weight is 293 g/mol. The Morgan fingerprint density at radius 3 is 3.00 bits per heavy atom. The van der Waals surface area contributed by atoms with Gasteiger partial charge in [0.25, 0.3) is 0 Å². The third-order valence-corrected chi connectivity index (χ3v) is 4.43. The minimum atomic E-state index is 0.315. The van der Waals surface area contributed by atoms with Gasteiger partial charge >= 0.3 is 0 Å². The number of hydrogen-bond acceptors (Lipinski definition) is 4. The van der Waals surface area contributed by atoms with Gasteiger partial charge in [-0.25, -0.2) is 9.97 Å². The number of piperidine rings is 1. The Morgan fingerprint density at radius 2 is 2.14 bits per heavy atom. The van der Waals surface area contributed by atoms with Gasteiger partial charge in [0.15, 0.2) is 0 Å². The Hall–Kier alpha value is -2.43. The molecular weight excluding hydrogens is 274 g/mol. The van der Waals surface area contributed by atoms with Crippen LogP contribution in [0.4, 0.5) is 5.82 Å². The first-order chi connectivity index (χ1) is 10.8. The van der Waals surface area contributed by atoms with Crippen LogP contribution in [0, 0.1) is 6.92 Å². The second-order valence-corrected chi connectivity index (χ2v) is 5.93. The summed E-state index contributed by atoms with van der Waals surface area (Å²) in [6.07, 6.45) is 7.06. The Kier molecular flexibility index (Phi) is 3.25. The monoisotopic (exact) mass is 293 g/mol. The first-order valence-electron chi connectivity index (χ1n) is 7.80. The molecule has 2 aromatic heterocycles. The summed E-state index contributed by atoms with van der Waals surface area (Å²) in [5.74, 6) is 1.04. The van der Waals surface area contributed by atoms with Crippen molar-refractivity contribution in [3.05, 3.63) is 48.0 Å². The highest BCUT2D eigenvalue weighted by Crippen LogP contribution is 2.36. The molecule has 1 saturated heterocycles. The number of fused-ring (bicyclic) bond motifs is 1. The lowest BCUT2D eigenvalue weighted by atomic mass is 9.98. The third kappa shape index (κ3) is 2.22. The lowest BCUT2D eigenvalue weighted by Gasteiger charge is -2.36. The van der Waals surface area contributed by atoms with Crippen LogP contribution >= 0.6 is 0 Å². The lowest BCUT2D eigenvalue weighted by molar-refractivity contribution is 0.462. The van der Waals surface area contributed by atoms with Crippen LogP contribution in [0.3, 0.4) is 0 Å². The van der Waals surface area contributed by atoms with Crippen molar-refractivity contribution >= 4 is 16.7 Å². The van der Waals surface area contributed by atoms with Crippen molar-refractivity contribution in [2.45, 2.75) is 32.2 Å². The maximum Gasteiger partial charge on any atom is 0.140 e. The SMILES string of the molecule is Cc1ccc2ncnc(N3CCCCC3c3ccn[nH]3)c2c1. The molecule has 0 saturated carbocycles. The Bertz CT molecular complexity index is 781. The lowest BCUT2D eigenvalue weighted by Crippen LogP contribution is -2.34. The van der Waals surface area contributed by atoms with Crippen LogP contribution < -0.4 is 4.90 Å². The van der Waals surface area contributed by atoms with Crippen molar-refractivity contribution in [1.29, 1.82) is 0 Å². The Labute approximate surface area is 129 Å². The van der Waals surface area contributed by atoms with E-state index in [2.05, 4.69) is 56.3 Å². The predicted molar refractivity (Wildman–Crippen MR) is 86.8 cm³/mol. The number of aromatic nitrogens is 4. The van der Waals surface area contributed by atoms with E-state index < -0.39 is 0 Å². The zero-order valence-electron chi connectivity index (χ0n) is 12.7. The Balaban J connectivity index is 1.83. The van der Waals surface area contributed by atoms with E-state index in [4.69, 9.17) is 0 Å². The van der Waals surface area contributed by atoms with Crippen LogP contribution in [-0.4, -0.2) is 26.7 Å². The number of H-pyrrole nitrogens is 1. The maximum absolute atomic E-state index is 4.61. The molecule has 3 heterocycles. The van der Waals surface area contributed by atoms with Crippen molar-refractivity contribution in [2.75, 3.05) is 11.4 Å². The molecule has 4 rings (SSSR count). The van der Waals surface area contributed by atoms with E-state index in [1.165, 1.54) is 24.1 Å². The molecule has 1 N–H and O–H groups in total. The van der Waals surface area contributed by atoms with Gasteiger partial charge < -0.3 is 4.90 Å². The van der Waals surface area contributed by atoms with Crippen LogP contribution in [0.15, 0.2) is 36.8 Å². The standard InChI is InChI=1S/C17H19N5/c1-12-5-6-14-13(10-12)17(19-11-18-14)22-9-3-2-4-16(22)15-7-8-20-21-15/h5-8,10-11,16H,2-4,9H2,1H3,(H,20,21). The van der Waals surface area contributed by atoms with Gasteiger partial charge in [-0.15, -0.1) is 0 Å². The molecule has 5 heteroatoms. The number of nitrogens with zero attached hydrogens (tertiary/aromatic N) is 4. The van der Waals surface area contributed by atoms with E-state index in [0.717, 1.165) is 29.7 Å². The molecule has 1 aliphatic rings. The van der Waals surface area contributed by atoms with Crippen LogP contribution in [0.2, 0.25) is 0 Å². The Morgan fingerprint density at radius 1 is 1.18 bits per heavy atom. The fourth-order valence-corrected chi connectivity index (χ4v) is 3.35. The van der Waals surface area contributed by atoms with Gasteiger partial charge in [0.1, 0.15) is 12.1 Å². The molecule has 3 aromatic rings. The normalized spacial score (nSPS) is 18.8. The number of aryl methyl sites for hydroxylation is 1. The van der Waals surface area contributed by atoms with Gasteiger partial charge in [0.2, 0.25) is 0 Å². The van der Waals surface area contributed by atoms with Crippen LogP contribution in [0.5, 0.6) is 0 Å². The maximum atomic E-state index is 4.61. The largest absolute Gasteiger partial charge is 0.347 e. The minimum absolute atomic E-state index is 0.315. The van der Waals surface area contributed by atoms with Crippen molar-refractivity contribution in [3.63, 3.8) is 0 Å².